The zero-order chi connectivity index (χ0) is 18.4. The van der Waals surface area contributed by atoms with Crippen molar-refractivity contribution in [3.8, 4) is 5.69 Å². The fraction of sp³-hybridized carbons (Fsp3) is 0.333. The van der Waals surface area contributed by atoms with E-state index in [1.165, 1.54) is 10.6 Å². The van der Waals surface area contributed by atoms with Crippen LogP contribution in [0, 0.1) is 18.6 Å². The fourth-order valence-electron chi connectivity index (χ4n) is 3.48. The average molecular weight is 361 g/mol. The van der Waals surface area contributed by atoms with Gasteiger partial charge >= 0.3 is 0 Å². The van der Waals surface area contributed by atoms with Gasteiger partial charge in [0.1, 0.15) is 11.6 Å². The Kier molecular flexibility index (Phi) is 3.99. The molecular weight excluding hydrogens is 344 g/mol. The molecule has 1 aromatic carbocycles. The van der Waals surface area contributed by atoms with Gasteiger partial charge in [0.25, 0.3) is 11.1 Å². The smallest absolute Gasteiger partial charge is 0.280 e. The minimum atomic E-state index is -0.791. The van der Waals surface area contributed by atoms with Gasteiger partial charge in [0.15, 0.2) is 0 Å². The van der Waals surface area contributed by atoms with Gasteiger partial charge in [0.05, 0.1) is 29.2 Å². The molecule has 0 amide bonds. The second kappa shape index (κ2) is 6.21. The van der Waals surface area contributed by atoms with Crippen LogP contribution in [0.4, 0.5) is 8.78 Å². The second-order valence-corrected chi connectivity index (χ2v) is 6.48. The van der Waals surface area contributed by atoms with Crippen molar-refractivity contribution < 1.29 is 13.5 Å². The monoisotopic (exact) mass is 361 g/mol. The number of H-pyrrole nitrogens is 1. The molecule has 1 unspecified atom stereocenters. The molecule has 0 saturated carbocycles. The minimum absolute atomic E-state index is 0.0289. The molecule has 1 atom stereocenters. The van der Waals surface area contributed by atoms with E-state index in [-0.39, 0.29) is 17.4 Å². The summed E-state index contributed by atoms with van der Waals surface area (Å²) in [5.41, 5.74) is 0.125. The normalized spacial score (nSPS) is 17.3. The Balaban J connectivity index is 1.88. The van der Waals surface area contributed by atoms with Gasteiger partial charge in [-0.3, -0.25) is 14.7 Å². The molecule has 1 saturated heterocycles. The number of nitrogens with one attached hydrogen (secondary N) is 1. The summed E-state index contributed by atoms with van der Waals surface area (Å²) in [6, 6.07) is 4.15. The lowest BCUT2D eigenvalue weighted by Crippen LogP contribution is -2.28. The molecule has 8 heteroatoms. The van der Waals surface area contributed by atoms with Crippen LogP contribution < -0.4 is 11.1 Å². The van der Waals surface area contributed by atoms with Gasteiger partial charge in [0, 0.05) is 24.4 Å². The summed E-state index contributed by atoms with van der Waals surface area (Å²) in [7, 11) is 0. The van der Waals surface area contributed by atoms with Crippen LogP contribution in [0.2, 0.25) is 0 Å². The third-order valence-electron chi connectivity index (χ3n) is 4.73. The molecular formula is C18H17F2N3O3. The first-order valence-corrected chi connectivity index (χ1v) is 8.37. The van der Waals surface area contributed by atoms with E-state index in [1.54, 1.807) is 6.92 Å². The summed E-state index contributed by atoms with van der Waals surface area (Å²) in [5.74, 6) is -1.58. The number of hydrogen-bond acceptors (Lipinski definition) is 3. The molecule has 1 aliphatic heterocycles. The van der Waals surface area contributed by atoms with E-state index >= 15 is 0 Å². The fourth-order valence-corrected chi connectivity index (χ4v) is 3.48. The molecule has 6 nitrogen and oxygen atoms in total. The van der Waals surface area contributed by atoms with Crippen molar-refractivity contribution in [3.05, 3.63) is 62.3 Å². The summed E-state index contributed by atoms with van der Waals surface area (Å²) in [6.07, 6.45) is 1.76. The van der Waals surface area contributed by atoms with Gasteiger partial charge in [0.2, 0.25) is 0 Å². The van der Waals surface area contributed by atoms with Crippen molar-refractivity contribution in [3.63, 3.8) is 0 Å². The van der Waals surface area contributed by atoms with Crippen LogP contribution in [0.3, 0.4) is 0 Å². The molecule has 0 radical (unpaired) electrons. The van der Waals surface area contributed by atoms with Gasteiger partial charge in [-0.15, -0.1) is 0 Å². The number of benzene rings is 1. The van der Waals surface area contributed by atoms with Crippen LogP contribution in [-0.4, -0.2) is 27.1 Å². The van der Waals surface area contributed by atoms with Crippen molar-refractivity contribution >= 4 is 10.9 Å². The Morgan fingerprint density at radius 3 is 2.58 bits per heavy atom. The maximum atomic E-state index is 13.5. The van der Waals surface area contributed by atoms with Crippen molar-refractivity contribution in [2.75, 3.05) is 6.61 Å². The first-order valence-electron chi connectivity index (χ1n) is 8.37. The van der Waals surface area contributed by atoms with Crippen molar-refractivity contribution in [1.82, 2.24) is 14.3 Å². The molecule has 26 heavy (non-hydrogen) atoms. The van der Waals surface area contributed by atoms with E-state index in [4.69, 9.17) is 4.74 Å². The highest BCUT2D eigenvalue weighted by Crippen LogP contribution is 2.18. The Morgan fingerprint density at radius 1 is 1.19 bits per heavy atom. The predicted octanol–water partition coefficient (Wildman–Crippen LogP) is 2.25. The zero-order valence-corrected chi connectivity index (χ0v) is 14.1. The first-order chi connectivity index (χ1) is 12.4. The van der Waals surface area contributed by atoms with Gasteiger partial charge < -0.3 is 9.30 Å². The lowest BCUT2D eigenvalue weighted by Gasteiger charge is -2.14. The number of halogens is 2. The number of nitrogens with zero attached hydrogens (tertiary/aromatic N) is 2. The molecule has 1 fully saturated rings. The molecule has 1 N–H and O–H groups in total. The first kappa shape index (κ1) is 16.7. The van der Waals surface area contributed by atoms with Crippen LogP contribution >= 0.6 is 0 Å². The molecule has 4 rings (SSSR count). The molecule has 0 spiro atoms. The number of hydrogen-bond donors (Lipinski definition) is 1. The third kappa shape index (κ3) is 2.76. The summed E-state index contributed by atoms with van der Waals surface area (Å²) in [4.78, 5) is 25.3. The summed E-state index contributed by atoms with van der Waals surface area (Å²) in [5, 5.41) is 3.08. The van der Waals surface area contributed by atoms with Crippen LogP contribution in [-0.2, 0) is 11.3 Å². The largest absolute Gasteiger partial charge is 0.376 e. The number of aryl methyl sites for hydroxylation is 1. The maximum Gasteiger partial charge on any atom is 0.280 e. The quantitative estimate of drug-likeness (QED) is 0.778. The number of fused-ring (bicyclic) bond motifs is 1. The number of aromatic amines is 1. The summed E-state index contributed by atoms with van der Waals surface area (Å²) < 4.78 is 35.1. The van der Waals surface area contributed by atoms with E-state index in [1.807, 2.05) is 0 Å². The van der Waals surface area contributed by atoms with Crippen LogP contribution in [0.5, 0.6) is 0 Å². The SMILES string of the molecule is Cc1c2c(=O)n(-c3cc(F)cc(F)c3)[nH]c2cc(=O)n1CC1CCCO1. The standard InChI is InChI=1S/C18H17F2N3O3/c1-10-17-15(8-16(24)22(10)9-14-3-2-4-26-14)21-23(18(17)25)13-6-11(19)5-12(20)7-13/h5-8,14,21H,2-4,9H2,1H3. The summed E-state index contributed by atoms with van der Waals surface area (Å²) >= 11 is 0. The topological polar surface area (TPSA) is 69.0 Å². The lowest BCUT2D eigenvalue weighted by molar-refractivity contribution is 0.0958. The number of rotatable bonds is 3. The van der Waals surface area contributed by atoms with E-state index in [0.717, 1.165) is 35.7 Å². The average Bonchev–Trinajstić information content (AvgIpc) is 3.18. The van der Waals surface area contributed by atoms with Gasteiger partial charge in [-0.1, -0.05) is 0 Å². The molecule has 136 valence electrons. The minimum Gasteiger partial charge on any atom is -0.376 e. The van der Waals surface area contributed by atoms with E-state index in [9.17, 15) is 18.4 Å². The zero-order valence-electron chi connectivity index (χ0n) is 14.1. The van der Waals surface area contributed by atoms with Crippen molar-refractivity contribution in [2.45, 2.75) is 32.4 Å². The third-order valence-corrected chi connectivity index (χ3v) is 4.73. The molecule has 0 bridgehead atoms. The Hall–Kier alpha value is -2.74. The van der Waals surface area contributed by atoms with Crippen LogP contribution in [0.15, 0.2) is 33.9 Å². The molecule has 2 aromatic heterocycles. The Labute approximate surface area is 146 Å². The molecule has 3 heterocycles. The van der Waals surface area contributed by atoms with Crippen molar-refractivity contribution in [1.29, 1.82) is 0 Å². The van der Waals surface area contributed by atoms with Gasteiger partial charge in [-0.25, -0.2) is 13.5 Å². The van der Waals surface area contributed by atoms with Gasteiger partial charge in [-0.2, -0.15) is 0 Å². The Morgan fingerprint density at radius 2 is 1.92 bits per heavy atom. The lowest BCUT2D eigenvalue weighted by atomic mass is 10.2. The number of ether oxygens (including phenoxy) is 1. The van der Waals surface area contributed by atoms with E-state index in [2.05, 4.69) is 5.10 Å². The highest BCUT2D eigenvalue weighted by atomic mass is 19.1. The molecule has 1 aliphatic rings. The number of pyridine rings is 1. The molecule has 0 aliphatic carbocycles. The number of aromatic nitrogens is 3. The molecule has 3 aromatic rings. The Bertz CT molecular complexity index is 1090. The highest BCUT2D eigenvalue weighted by molar-refractivity contribution is 5.80. The second-order valence-electron chi connectivity index (χ2n) is 6.48. The van der Waals surface area contributed by atoms with E-state index < -0.39 is 17.2 Å². The van der Waals surface area contributed by atoms with Gasteiger partial charge in [-0.05, 0) is 31.9 Å². The maximum absolute atomic E-state index is 13.5. The highest BCUT2D eigenvalue weighted by Gasteiger charge is 2.20. The van der Waals surface area contributed by atoms with Crippen LogP contribution in [0.1, 0.15) is 18.5 Å². The van der Waals surface area contributed by atoms with Crippen molar-refractivity contribution in [2.24, 2.45) is 0 Å². The van der Waals surface area contributed by atoms with Crippen LogP contribution in [0.25, 0.3) is 16.6 Å². The predicted molar refractivity (Wildman–Crippen MR) is 91.8 cm³/mol. The summed E-state index contributed by atoms with van der Waals surface area (Å²) in [6.45, 7) is 2.73. The van der Waals surface area contributed by atoms with E-state index in [0.29, 0.717) is 29.7 Å².